The number of aromatic nitrogens is 2. The fourth-order valence-corrected chi connectivity index (χ4v) is 2.71. The van der Waals surface area contributed by atoms with Crippen LogP contribution in [0.15, 0.2) is 83.5 Å². The molecule has 5 nitrogen and oxygen atoms in total. The maximum atomic E-state index is 11.7. The lowest BCUT2D eigenvalue weighted by Crippen LogP contribution is -2.02. The first-order chi connectivity index (χ1) is 12.7. The van der Waals surface area contributed by atoms with E-state index in [0.29, 0.717) is 22.9 Å². The zero-order chi connectivity index (χ0) is 17.9. The maximum Gasteiger partial charge on any atom is 0.337 e. The van der Waals surface area contributed by atoms with Crippen LogP contribution < -0.4 is 0 Å². The standard InChI is InChI=1S/C21H14N2O3/c24-21(25)17-11-16(12-22-19(17)15-9-5-2-6-10-15)20-23-13-18(26-20)14-7-3-1-4-8-14/h1-13H,(H,24,25). The lowest BCUT2D eigenvalue weighted by molar-refractivity contribution is 0.0697. The van der Waals surface area contributed by atoms with E-state index in [0.717, 1.165) is 11.1 Å². The van der Waals surface area contributed by atoms with Crippen molar-refractivity contribution in [3.63, 3.8) is 0 Å². The Kier molecular flexibility index (Phi) is 4.03. The predicted octanol–water partition coefficient (Wildman–Crippen LogP) is 4.77. The van der Waals surface area contributed by atoms with Gasteiger partial charge in [-0.25, -0.2) is 9.78 Å². The number of hydrogen-bond donors (Lipinski definition) is 1. The molecule has 0 atom stereocenters. The Balaban J connectivity index is 1.76. The summed E-state index contributed by atoms with van der Waals surface area (Å²) in [5.41, 5.74) is 2.68. The smallest absolute Gasteiger partial charge is 0.337 e. The van der Waals surface area contributed by atoms with Gasteiger partial charge in [-0.1, -0.05) is 60.7 Å². The van der Waals surface area contributed by atoms with Gasteiger partial charge in [-0.15, -0.1) is 0 Å². The van der Waals surface area contributed by atoms with E-state index in [1.54, 1.807) is 12.4 Å². The van der Waals surface area contributed by atoms with E-state index >= 15 is 0 Å². The second-order valence-electron chi connectivity index (χ2n) is 5.69. The lowest BCUT2D eigenvalue weighted by Gasteiger charge is -2.06. The van der Waals surface area contributed by atoms with Gasteiger partial charge in [-0.3, -0.25) is 4.98 Å². The summed E-state index contributed by atoms with van der Waals surface area (Å²) in [6.07, 6.45) is 3.20. The van der Waals surface area contributed by atoms with E-state index in [-0.39, 0.29) is 5.56 Å². The van der Waals surface area contributed by atoms with Gasteiger partial charge in [0.05, 0.1) is 23.0 Å². The molecule has 0 aliphatic rings. The molecule has 126 valence electrons. The normalized spacial score (nSPS) is 10.6. The van der Waals surface area contributed by atoms with Crippen LogP contribution in [0, 0.1) is 0 Å². The zero-order valence-corrected chi connectivity index (χ0v) is 13.7. The van der Waals surface area contributed by atoms with Gasteiger partial charge in [0.2, 0.25) is 5.89 Å². The molecule has 2 aromatic carbocycles. The molecule has 0 aliphatic carbocycles. The zero-order valence-electron chi connectivity index (χ0n) is 13.7. The molecular formula is C21H14N2O3. The highest BCUT2D eigenvalue weighted by Crippen LogP contribution is 2.29. The third-order valence-electron chi connectivity index (χ3n) is 3.98. The number of aromatic carboxylic acids is 1. The summed E-state index contributed by atoms with van der Waals surface area (Å²) in [5, 5.41) is 9.59. The van der Waals surface area contributed by atoms with Crippen molar-refractivity contribution < 1.29 is 14.3 Å². The highest BCUT2D eigenvalue weighted by Gasteiger charge is 2.17. The van der Waals surface area contributed by atoms with E-state index in [2.05, 4.69) is 9.97 Å². The van der Waals surface area contributed by atoms with Gasteiger partial charge in [-0.2, -0.15) is 0 Å². The van der Waals surface area contributed by atoms with Crippen LogP contribution in [0.25, 0.3) is 34.0 Å². The van der Waals surface area contributed by atoms with Gasteiger partial charge in [0.25, 0.3) is 0 Å². The Hall–Kier alpha value is -3.73. The molecule has 4 rings (SSSR count). The van der Waals surface area contributed by atoms with E-state index in [1.807, 2.05) is 60.7 Å². The molecule has 0 unspecified atom stereocenters. The van der Waals surface area contributed by atoms with Crippen LogP contribution in [-0.4, -0.2) is 21.0 Å². The van der Waals surface area contributed by atoms with Gasteiger partial charge in [0.1, 0.15) is 0 Å². The highest BCUT2D eigenvalue weighted by atomic mass is 16.4. The summed E-state index contributed by atoms with van der Waals surface area (Å²) in [6.45, 7) is 0. The molecule has 0 saturated carbocycles. The molecule has 26 heavy (non-hydrogen) atoms. The van der Waals surface area contributed by atoms with Gasteiger partial charge >= 0.3 is 5.97 Å². The fourth-order valence-electron chi connectivity index (χ4n) is 2.71. The molecule has 0 saturated heterocycles. The number of hydrogen-bond acceptors (Lipinski definition) is 4. The molecule has 1 N–H and O–H groups in total. The first-order valence-corrected chi connectivity index (χ1v) is 8.03. The first-order valence-electron chi connectivity index (χ1n) is 8.03. The third-order valence-corrected chi connectivity index (χ3v) is 3.98. The number of nitrogens with zero attached hydrogens (tertiary/aromatic N) is 2. The van der Waals surface area contributed by atoms with E-state index in [1.165, 1.54) is 6.07 Å². The molecule has 0 bridgehead atoms. The minimum Gasteiger partial charge on any atom is -0.478 e. The summed E-state index contributed by atoms with van der Waals surface area (Å²) in [7, 11) is 0. The Bertz CT molecular complexity index is 1060. The lowest BCUT2D eigenvalue weighted by atomic mass is 10.0. The number of benzene rings is 2. The molecule has 0 radical (unpaired) electrons. The first kappa shape index (κ1) is 15.8. The van der Waals surface area contributed by atoms with E-state index < -0.39 is 5.97 Å². The molecule has 2 aromatic heterocycles. The molecule has 2 heterocycles. The molecule has 0 amide bonds. The Morgan fingerprint density at radius 1 is 0.808 bits per heavy atom. The number of carboxylic acid groups (broad SMARTS) is 1. The van der Waals surface area contributed by atoms with Crippen molar-refractivity contribution >= 4 is 5.97 Å². The summed E-state index contributed by atoms with van der Waals surface area (Å²) < 4.78 is 5.79. The topological polar surface area (TPSA) is 76.2 Å². The van der Waals surface area contributed by atoms with Gasteiger partial charge in [0, 0.05) is 17.3 Å². The summed E-state index contributed by atoms with van der Waals surface area (Å²) >= 11 is 0. The van der Waals surface area contributed by atoms with Crippen LogP contribution >= 0.6 is 0 Å². The molecule has 0 spiro atoms. The van der Waals surface area contributed by atoms with Crippen LogP contribution in [-0.2, 0) is 0 Å². The van der Waals surface area contributed by atoms with E-state index in [4.69, 9.17) is 4.42 Å². The Morgan fingerprint density at radius 2 is 1.46 bits per heavy atom. The SMILES string of the molecule is O=C(O)c1cc(-c2ncc(-c3ccccc3)o2)cnc1-c1ccccc1. The monoisotopic (exact) mass is 342 g/mol. The number of carbonyl (C=O) groups is 1. The van der Waals surface area contributed by atoms with Crippen LogP contribution in [0.5, 0.6) is 0 Å². The predicted molar refractivity (Wildman–Crippen MR) is 97.6 cm³/mol. The van der Waals surface area contributed by atoms with Crippen LogP contribution in [0.2, 0.25) is 0 Å². The van der Waals surface area contributed by atoms with Crippen molar-refractivity contribution in [1.82, 2.24) is 9.97 Å². The average molecular weight is 342 g/mol. The molecular weight excluding hydrogens is 328 g/mol. The quantitative estimate of drug-likeness (QED) is 0.578. The van der Waals surface area contributed by atoms with Crippen molar-refractivity contribution in [2.45, 2.75) is 0 Å². The summed E-state index contributed by atoms with van der Waals surface area (Å²) in [6, 6.07) is 20.3. The minimum absolute atomic E-state index is 0.105. The van der Waals surface area contributed by atoms with Crippen LogP contribution in [0.3, 0.4) is 0 Å². The second-order valence-corrected chi connectivity index (χ2v) is 5.69. The second kappa shape index (κ2) is 6.64. The van der Waals surface area contributed by atoms with Crippen LogP contribution in [0.4, 0.5) is 0 Å². The highest BCUT2D eigenvalue weighted by molar-refractivity contribution is 5.95. The van der Waals surface area contributed by atoms with E-state index in [9.17, 15) is 9.90 Å². The maximum absolute atomic E-state index is 11.7. The Morgan fingerprint density at radius 3 is 2.12 bits per heavy atom. The number of rotatable bonds is 4. The molecule has 0 aliphatic heterocycles. The average Bonchev–Trinajstić information content (AvgIpc) is 3.19. The third kappa shape index (κ3) is 2.98. The number of pyridine rings is 1. The minimum atomic E-state index is -1.05. The molecule has 5 heteroatoms. The van der Waals surface area contributed by atoms with Crippen molar-refractivity contribution in [3.05, 3.63) is 84.7 Å². The van der Waals surface area contributed by atoms with Crippen LogP contribution in [0.1, 0.15) is 10.4 Å². The van der Waals surface area contributed by atoms with Gasteiger partial charge in [0.15, 0.2) is 5.76 Å². The summed E-state index contributed by atoms with van der Waals surface area (Å²) in [5.74, 6) is -0.101. The van der Waals surface area contributed by atoms with Gasteiger partial charge in [-0.05, 0) is 6.07 Å². The number of oxazole rings is 1. The molecule has 0 fully saturated rings. The van der Waals surface area contributed by atoms with Crippen molar-refractivity contribution in [1.29, 1.82) is 0 Å². The van der Waals surface area contributed by atoms with Crippen molar-refractivity contribution in [2.75, 3.05) is 0 Å². The Labute approximate surface area is 149 Å². The largest absolute Gasteiger partial charge is 0.478 e. The number of carboxylic acids is 1. The van der Waals surface area contributed by atoms with Gasteiger partial charge < -0.3 is 9.52 Å². The summed E-state index contributed by atoms with van der Waals surface area (Å²) in [4.78, 5) is 20.3. The fraction of sp³-hybridized carbons (Fsp3) is 0. The van der Waals surface area contributed by atoms with Crippen molar-refractivity contribution in [3.8, 4) is 34.0 Å². The molecule has 4 aromatic rings. The van der Waals surface area contributed by atoms with Crippen molar-refractivity contribution in [2.24, 2.45) is 0 Å².